The molecule has 3 aromatic rings. The van der Waals surface area contributed by atoms with Crippen molar-refractivity contribution in [2.45, 2.75) is 37.1 Å². The highest BCUT2D eigenvalue weighted by molar-refractivity contribution is 7.92. The van der Waals surface area contributed by atoms with Crippen LogP contribution in [0.3, 0.4) is 0 Å². The van der Waals surface area contributed by atoms with Crippen molar-refractivity contribution in [2.24, 2.45) is 0 Å². The zero-order valence-electron chi connectivity index (χ0n) is 20.2. The smallest absolute Gasteiger partial charge is 0.264 e. The van der Waals surface area contributed by atoms with Crippen molar-refractivity contribution in [3.05, 3.63) is 81.6 Å². The van der Waals surface area contributed by atoms with Gasteiger partial charge in [0.2, 0.25) is 0 Å². The molecular weight excluding hydrogens is 576 g/mol. The van der Waals surface area contributed by atoms with Crippen LogP contribution in [0.25, 0.3) is 0 Å². The number of sulfonamides is 1. The van der Waals surface area contributed by atoms with E-state index in [0.29, 0.717) is 22.9 Å². The number of hydrogen-bond acceptors (Lipinski definition) is 5. The van der Waals surface area contributed by atoms with Gasteiger partial charge in [0, 0.05) is 23.3 Å². The molecule has 1 aromatic heterocycles. The second-order valence-corrected chi connectivity index (χ2v) is 11.7. The van der Waals surface area contributed by atoms with Crippen molar-refractivity contribution in [2.75, 3.05) is 30.5 Å². The van der Waals surface area contributed by atoms with E-state index in [9.17, 15) is 8.42 Å². The molecule has 0 atom stereocenters. The summed E-state index contributed by atoms with van der Waals surface area (Å²) < 4.78 is 34.8. The Labute approximate surface area is 240 Å². The van der Waals surface area contributed by atoms with Gasteiger partial charge in [-0.2, -0.15) is 0 Å². The van der Waals surface area contributed by atoms with Crippen LogP contribution in [0.15, 0.2) is 65.7 Å². The van der Waals surface area contributed by atoms with Gasteiger partial charge >= 0.3 is 0 Å². The molecule has 1 saturated heterocycles. The van der Waals surface area contributed by atoms with Crippen LogP contribution in [0, 0.1) is 0 Å². The lowest BCUT2D eigenvalue weighted by molar-refractivity contribution is 0.204. The zero-order valence-corrected chi connectivity index (χ0v) is 24.1. The van der Waals surface area contributed by atoms with E-state index >= 15 is 0 Å². The van der Waals surface area contributed by atoms with Gasteiger partial charge in [-0.1, -0.05) is 59.4 Å². The van der Waals surface area contributed by atoms with Crippen LogP contribution in [0.2, 0.25) is 15.2 Å². The van der Waals surface area contributed by atoms with Crippen LogP contribution in [-0.2, 0) is 16.6 Å². The molecule has 4 rings (SSSR count). The van der Waals surface area contributed by atoms with Crippen LogP contribution in [-0.4, -0.2) is 44.5 Å². The van der Waals surface area contributed by atoms with Gasteiger partial charge < -0.3 is 9.64 Å². The number of piperidine rings is 1. The van der Waals surface area contributed by atoms with Gasteiger partial charge in [0.05, 0.1) is 28.8 Å². The largest absolute Gasteiger partial charge is 0.493 e. The highest BCUT2D eigenvalue weighted by atomic mass is 35.5. The molecule has 1 aliphatic heterocycles. The molecule has 0 N–H and O–H groups in total. The first kappa shape index (κ1) is 29.8. The molecule has 11 heteroatoms. The van der Waals surface area contributed by atoms with E-state index in [1.54, 1.807) is 0 Å². The summed E-state index contributed by atoms with van der Waals surface area (Å²) in [6.45, 7) is 3.79. The maximum absolute atomic E-state index is 13.8. The Balaban J connectivity index is 0.00000380. The maximum Gasteiger partial charge on any atom is 0.264 e. The van der Waals surface area contributed by atoms with Crippen LogP contribution in [0.1, 0.15) is 31.2 Å². The molecule has 1 fully saturated rings. The summed E-state index contributed by atoms with van der Waals surface area (Å²) in [7, 11) is -4.04. The van der Waals surface area contributed by atoms with E-state index in [4.69, 9.17) is 39.5 Å². The molecule has 2 heterocycles. The molecule has 0 spiro atoms. The van der Waals surface area contributed by atoms with Crippen molar-refractivity contribution in [1.29, 1.82) is 0 Å². The first-order valence-electron chi connectivity index (χ1n) is 11.9. The fourth-order valence-electron chi connectivity index (χ4n) is 4.20. The van der Waals surface area contributed by atoms with Gasteiger partial charge in [0.15, 0.2) is 5.15 Å². The Morgan fingerprint density at radius 3 is 2.38 bits per heavy atom. The van der Waals surface area contributed by atoms with Gasteiger partial charge in [-0.3, -0.25) is 4.31 Å². The number of aromatic nitrogens is 1. The monoisotopic (exact) mass is 603 g/mol. The summed E-state index contributed by atoms with van der Waals surface area (Å²) in [5, 5.41) is 0.732. The topological polar surface area (TPSA) is 62.7 Å². The van der Waals surface area contributed by atoms with Gasteiger partial charge in [-0.05, 0) is 68.8 Å². The number of halogens is 4. The lowest BCUT2D eigenvalue weighted by Gasteiger charge is -2.27. The minimum atomic E-state index is -4.04. The Morgan fingerprint density at radius 1 is 0.946 bits per heavy atom. The van der Waals surface area contributed by atoms with Gasteiger partial charge in [-0.25, -0.2) is 13.4 Å². The summed E-state index contributed by atoms with van der Waals surface area (Å²) in [4.78, 5) is 6.60. The molecular formula is C26H29Cl4N3O3S. The highest BCUT2D eigenvalue weighted by Crippen LogP contribution is 2.34. The Kier molecular flexibility index (Phi) is 11.2. The fraction of sp³-hybridized carbons (Fsp3) is 0.346. The Bertz CT molecular complexity index is 1270. The predicted octanol–water partition coefficient (Wildman–Crippen LogP) is 7.11. The number of ether oxygens (including phenoxy) is 1. The normalized spacial score (nSPS) is 14.1. The van der Waals surface area contributed by atoms with E-state index in [2.05, 4.69) is 9.88 Å². The molecule has 0 saturated carbocycles. The number of rotatable bonds is 10. The Hall–Kier alpha value is -1.74. The fourth-order valence-corrected chi connectivity index (χ4v) is 6.18. The standard InChI is InChI=1S/C26H28Cl3N3O3S.ClH/c27-21-9-11-23(12-10-21)36(33,34)32(24-17-22(28)18-30-26(24)29)19-20-7-2-3-8-25(20)35-16-6-15-31-13-4-1-5-14-31;/h2-3,7-12,17-18H,1,4-6,13-16,19H2;1H. The SMILES string of the molecule is Cl.O=S(=O)(c1ccc(Cl)cc1)N(Cc1ccccc1OCCCN1CCCCC1)c1cc(Cl)cnc1Cl. The molecule has 37 heavy (non-hydrogen) atoms. The number of benzene rings is 2. The Morgan fingerprint density at radius 2 is 1.65 bits per heavy atom. The van der Waals surface area contributed by atoms with Crippen LogP contribution in [0.5, 0.6) is 5.75 Å². The number of pyridine rings is 1. The third kappa shape index (κ3) is 7.88. The lowest BCUT2D eigenvalue weighted by Crippen LogP contribution is -2.31. The molecule has 0 amide bonds. The molecule has 1 aliphatic rings. The zero-order chi connectivity index (χ0) is 25.5. The van der Waals surface area contributed by atoms with Gasteiger partial charge in [0.1, 0.15) is 5.75 Å². The van der Waals surface area contributed by atoms with Crippen molar-refractivity contribution in [3.8, 4) is 5.75 Å². The summed E-state index contributed by atoms with van der Waals surface area (Å²) in [5.74, 6) is 0.624. The molecule has 0 aliphatic carbocycles. The summed E-state index contributed by atoms with van der Waals surface area (Å²) in [6, 6.07) is 14.9. The van der Waals surface area contributed by atoms with E-state index in [1.165, 1.54) is 60.1 Å². The quantitative estimate of drug-likeness (QED) is 0.182. The molecule has 0 unspecified atom stereocenters. The lowest BCUT2D eigenvalue weighted by atomic mass is 10.1. The van der Waals surface area contributed by atoms with Crippen molar-refractivity contribution in [3.63, 3.8) is 0 Å². The summed E-state index contributed by atoms with van der Waals surface area (Å²) in [6.07, 6.45) is 6.08. The van der Waals surface area contributed by atoms with E-state index in [0.717, 1.165) is 26.1 Å². The minimum Gasteiger partial charge on any atom is -0.493 e. The van der Waals surface area contributed by atoms with Gasteiger partial charge in [-0.15, -0.1) is 12.4 Å². The molecule has 2 aromatic carbocycles. The maximum atomic E-state index is 13.8. The van der Waals surface area contributed by atoms with Crippen LogP contribution in [0.4, 0.5) is 5.69 Å². The van der Waals surface area contributed by atoms with E-state index < -0.39 is 10.0 Å². The molecule has 6 nitrogen and oxygen atoms in total. The third-order valence-corrected chi connectivity index (χ3v) is 8.59. The third-order valence-electron chi connectivity index (χ3n) is 6.07. The number of nitrogens with zero attached hydrogens (tertiary/aromatic N) is 3. The van der Waals surface area contributed by atoms with Crippen LogP contribution >= 0.6 is 47.2 Å². The first-order valence-corrected chi connectivity index (χ1v) is 14.4. The predicted molar refractivity (Wildman–Crippen MR) is 153 cm³/mol. The van der Waals surface area contributed by atoms with Crippen molar-refractivity contribution < 1.29 is 13.2 Å². The number of hydrogen-bond donors (Lipinski definition) is 0. The summed E-state index contributed by atoms with van der Waals surface area (Å²) >= 11 is 18.5. The molecule has 0 radical (unpaired) electrons. The minimum absolute atomic E-state index is 0. The number of anilines is 1. The second-order valence-electron chi connectivity index (χ2n) is 8.64. The first-order chi connectivity index (χ1) is 17.3. The number of para-hydroxylation sites is 1. The summed E-state index contributed by atoms with van der Waals surface area (Å²) in [5.41, 5.74) is 0.878. The average Bonchev–Trinajstić information content (AvgIpc) is 2.88. The molecule has 0 bridgehead atoms. The van der Waals surface area contributed by atoms with Crippen molar-refractivity contribution >= 4 is 62.9 Å². The average molecular weight is 605 g/mol. The number of likely N-dealkylation sites (tertiary alicyclic amines) is 1. The van der Waals surface area contributed by atoms with Gasteiger partial charge in [0.25, 0.3) is 10.0 Å². The van der Waals surface area contributed by atoms with Crippen molar-refractivity contribution in [1.82, 2.24) is 9.88 Å². The van der Waals surface area contributed by atoms with Crippen LogP contribution < -0.4 is 9.04 Å². The molecule has 200 valence electrons. The van der Waals surface area contributed by atoms with E-state index in [1.807, 2.05) is 24.3 Å². The highest BCUT2D eigenvalue weighted by Gasteiger charge is 2.28. The van der Waals surface area contributed by atoms with E-state index in [-0.39, 0.29) is 39.7 Å². The second kappa shape index (κ2) is 13.9.